The fraction of sp³-hybridized carbons (Fsp3) is 0.226. The number of rotatable bonds is 6. The Hall–Kier alpha value is -2.89. The molecule has 4 aromatic carbocycles. The van der Waals surface area contributed by atoms with Gasteiger partial charge in [0.15, 0.2) is 0 Å². The predicted molar refractivity (Wildman–Crippen MR) is 145 cm³/mol. The first-order valence-corrected chi connectivity index (χ1v) is 13.5. The molecule has 1 nitrogen and oxygen atoms in total. The van der Waals surface area contributed by atoms with E-state index in [1.165, 1.54) is 70.5 Å². The molecule has 0 bridgehead atoms. The molecule has 0 spiro atoms. The maximum atomic E-state index is 3.94. The highest BCUT2D eigenvalue weighted by Gasteiger charge is 2.25. The Morgan fingerprint density at radius 2 is 1.24 bits per heavy atom. The Morgan fingerprint density at radius 3 is 1.88 bits per heavy atom. The SMILES string of the molecule is Cc1ccccc1Nc1c(C2CCCCC2)cccc1P(c1ccccc1)c1ccccc1. The number of para-hydroxylation sites is 2. The van der Waals surface area contributed by atoms with Gasteiger partial charge in [-0.25, -0.2) is 0 Å². The fourth-order valence-electron chi connectivity index (χ4n) is 5.06. The zero-order valence-electron chi connectivity index (χ0n) is 19.4. The zero-order chi connectivity index (χ0) is 22.5. The van der Waals surface area contributed by atoms with Crippen LogP contribution >= 0.6 is 7.92 Å². The summed E-state index contributed by atoms with van der Waals surface area (Å²) < 4.78 is 0. The number of aryl methyl sites for hydroxylation is 1. The molecule has 0 unspecified atom stereocenters. The van der Waals surface area contributed by atoms with Crippen LogP contribution in [0.1, 0.15) is 49.1 Å². The van der Waals surface area contributed by atoms with E-state index in [1.807, 2.05) is 0 Å². The lowest BCUT2D eigenvalue weighted by Gasteiger charge is -2.29. The summed E-state index contributed by atoms with van der Waals surface area (Å²) in [5, 5.41) is 8.16. The van der Waals surface area contributed by atoms with Crippen LogP contribution in [0.3, 0.4) is 0 Å². The standard InChI is InChI=1S/C31H32NP/c1-24-14-11-12-22-29(24)32-31-28(25-15-5-2-6-16-25)21-13-23-30(31)33(26-17-7-3-8-18-26)27-19-9-4-10-20-27/h3-4,7-14,17-23,25,32H,2,5-6,15-16H2,1H3. The second-order valence-corrected chi connectivity index (χ2v) is 11.2. The average Bonchev–Trinajstić information content (AvgIpc) is 2.88. The molecule has 0 radical (unpaired) electrons. The summed E-state index contributed by atoms with van der Waals surface area (Å²) in [6.45, 7) is 2.20. The molecule has 1 aliphatic rings. The Bertz CT molecular complexity index is 1140. The third-order valence-electron chi connectivity index (χ3n) is 6.79. The molecule has 0 saturated heterocycles. The maximum Gasteiger partial charge on any atom is 0.0504 e. The summed E-state index contributed by atoms with van der Waals surface area (Å²) >= 11 is 0. The van der Waals surface area contributed by atoms with Crippen LogP contribution in [0.15, 0.2) is 103 Å². The zero-order valence-corrected chi connectivity index (χ0v) is 20.3. The molecular weight excluding hydrogens is 417 g/mol. The highest BCUT2D eigenvalue weighted by atomic mass is 31.1. The van der Waals surface area contributed by atoms with Gasteiger partial charge >= 0.3 is 0 Å². The van der Waals surface area contributed by atoms with Gasteiger partial charge in [0, 0.05) is 11.0 Å². The van der Waals surface area contributed by atoms with Crippen molar-refractivity contribution >= 4 is 35.2 Å². The molecule has 2 heteroatoms. The van der Waals surface area contributed by atoms with E-state index in [2.05, 4.69) is 115 Å². The van der Waals surface area contributed by atoms with E-state index in [4.69, 9.17) is 0 Å². The first kappa shape index (κ1) is 21.9. The van der Waals surface area contributed by atoms with Crippen molar-refractivity contribution < 1.29 is 0 Å². The lowest BCUT2D eigenvalue weighted by Crippen LogP contribution is -2.24. The number of anilines is 2. The smallest absolute Gasteiger partial charge is 0.0504 e. The number of hydrogen-bond donors (Lipinski definition) is 1. The van der Waals surface area contributed by atoms with Gasteiger partial charge < -0.3 is 5.32 Å². The Balaban J connectivity index is 1.70. The number of hydrogen-bond acceptors (Lipinski definition) is 1. The third-order valence-corrected chi connectivity index (χ3v) is 9.28. The third kappa shape index (κ3) is 4.90. The quantitative estimate of drug-likeness (QED) is 0.300. The molecule has 0 aromatic heterocycles. The predicted octanol–water partition coefficient (Wildman–Crippen LogP) is 7.54. The fourth-order valence-corrected chi connectivity index (χ4v) is 7.50. The van der Waals surface area contributed by atoms with E-state index >= 15 is 0 Å². The summed E-state index contributed by atoms with van der Waals surface area (Å²) in [6.07, 6.45) is 6.63. The van der Waals surface area contributed by atoms with Crippen LogP contribution in [0.25, 0.3) is 0 Å². The van der Waals surface area contributed by atoms with Crippen molar-refractivity contribution in [1.82, 2.24) is 0 Å². The lowest BCUT2D eigenvalue weighted by molar-refractivity contribution is 0.444. The van der Waals surface area contributed by atoms with E-state index in [0.29, 0.717) is 5.92 Å². The summed E-state index contributed by atoms with van der Waals surface area (Å²) in [4.78, 5) is 0. The van der Waals surface area contributed by atoms with Gasteiger partial charge in [-0.05, 0) is 61.4 Å². The van der Waals surface area contributed by atoms with Gasteiger partial charge in [0.05, 0.1) is 5.69 Å². The molecule has 1 fully saturated rings. The summed E-state index contributed by atoms with van der Waals surface area (Å²) in [5.41, 5.74) is 5.32. The molecule has 1 aliphatic carbocycles. The van der Waals surface area contributed by atoms with Gasteiger partial charge in [0.1, 0.15) is 0 Å². The minimum atomic E-state index is -0.672. The first-order valence-electron chi connectivity index (χ1n) is 12.2. The normalized spacial score (nSPS) is 14.4. The summed E-state index contributed by atoms with van der Waals surface area (Å²) in [5.74, 6) is 0.633. The monoisotopic (exact) mass is 449 g/mol. The molecule has 0 heterocycles. The molecule has 1 N–H and O–H groups in total. The van der Waals surface area contributed by atoms with Crippen molar-refractivity contribution in [2.24, 2.45) is 0 Å². The Labute approximate surface area is 199 Å². The van der Waals surface area contributed by atoms with Crippen molar-refractivity contribution in [2.75, 3.05) is 5.32 Å². The number of nitrogens with one attached hydrogen (secondary N) is 1. The van der Waals surface area contributed by atoms with E-state index in [-0.39, 0.29) is 0 Å². The largest absolute Gasteiger partial charge is 0.355 e. The second kappa shape index (κ2) is 10.4. The van der Waals surface area contributed by atoms with Crippen molar-refractivity contribution in [3.8, 4) is 0 Å². The molecular formula is C31H32NP. The van der Waals surface area contributed by atoms with Crippen LogP contribution in [0.2, 0.25) is 0 Å². The van der Waals surface area contributed by atoms with Crippen LogP contribution in [0.5, 0.6) is 0 Å². The topological polar surface area (TPSA) is 12.0 Å². The molecule has 4 aromatic rings. The van der Waals surface area contributed by atoms with Gasteiger partial charge in [-0.1, -0.05) is 116 Å². The van der Waals surface area contributed by atoms with Crippen molar-refractivity contribution in [2.45, 2.75) is 44.9 Å². The second-order valence-electron chi connectivity index (χ2n) is 9.02. The van der Waals surface area contributed by atoms with Gasteiger partial charge in [-0.15, -0.1) is 0 Å². The van der Waals surface area contributed by atoms with Gasteiger partial charge in [-0.3, -0.25) is 0 Å². The van der Waals surface area contributed by atoms with Crippen LogP contribution in [-0.4, -0.2) is 0 Å². The van der Waals surface area contributed by atoms with Gasteiger partial charge in [0.2, 0.25) is 0 Å². The van der Waals surface area contributed by atoms with Crippen LogP contribution < -0.4 is 21.2 Å². The highest BCUT2D eigenvalue weighted by molar-refractivity contribution is 7.80. The average molecular weight is 450 g/mol. The van der Waals surface area contributed by atoms with Crippen molar-refractivity contribution in [3.05, 3.63) is 114 Å². The van der Waals surface area contributed by atoms with E-state index < -0.39 is 7.92 Å². The number of benzene rings is 4. The minimum Gasteiger partial charge on any atom is -0.355 e. The van der Waals surface area contributed by atoms with E-state index in [1.54, 1.807) is 0 Å². The van der Waals surface area contributed by atoms with Crippen LogP contribution in [0, 0.1) is 6.92 Å². The summed E-state index contributed by atoms with van der Waals surface area (Å²) in [6, 6.07) is 37.8. The molecule has 166 valence electrons. The lowest BCUT2D eigenvalue weighted by atomic mass is 9.83. The molecule has 0 amide bonds. The minimum absolute atomic E-state index is 0.633. The Kier molecular flexibility index (Phi) is 6.89. The van der Waals surface area contributed by atoms with E-state index in [0.717, 1.165) is 0 Å². The molecule has 33 heavy (non-hydrogen) atoms. The molecule has 0 atom stereocenters. The summed E-state index contributed by atoms with van der Waals surface area (Å²) in [7, 11) is -0.672. The van der Waals surface area contributed by atoms with Gasteiger partial charge in [-0.2, -0.15) is 0 Å². The maximum absolute atomic E-state index is 3.94. The van der Waals surface area contributed by atoms with Crippen LogP contribution in [0.4, 0.5) is 11.4 Å². The van der Waals surface area contributed by atoms with E-state index in [9.17, 15) is 0 Å². The van der Waals surface area contributed by atoms with Gasteiger partial charge in [0.25, 0.3) is 0 Å². The van der Waals surface area contributed by atoms with Crippen molar-refractivity contribution in [3.63, 3.8) is 0 Å². The molecule has 0 aliphatic heterocycles. The first-order chi connectivity index (χ1) is 16.3. The van der Waals surface area contributed by atoms with Crippen LogP contribution in [-0.2, 0) is 0 Å². The molecule has 5 rings (SSSR count). The Morgan fingerprint density at radius 1 is 0.636 bits per heavy atom. The highest BCUT2D eigenvalue weighted by Crippen LogP contribution is 2.42. The van der Waals surface area contributed by atoms with Crippen molar-refractivity contribution in [1.29, 1.82) is 0 Å². The molecule has 1 saturated carbocycles.